The molecule has 1 saturated heterocycles. The lowest BCUT2D eigenvalue weighted by molar-refractivity contribution is 0.0694. The van der Waals surface area contributed by atoms with Crippen molar-refractivity contribution >= 4 is 29.5 Å². The Balaban J connectivity index is 2.36. The summed E-state index contributed by atoms with van der Waals surface area (Å²) in [6, 6.07) is 1.43. The first-order valence-corrected chi connectivity index (χ1v) is 8.34. The number of carbonyl (C=O) groups is 1. The topological polar surface area (TPSA) is 59.3 Å². The van der Waals surface area contributed by atoms with Crippen molar-refractivity contribution < 1.29 is 9.90 Å². The summed E-state index contributed by atoms with van der Waals surface area (Å²) in [7, 11) is 0. The molecule has 1 aliphatic heterocycles. The Labute approximate surface area is 120 Å². The zero-order valence-corrected chi connectivity index (χ0v) is 12.6. The van der Waals surface area contributed by atoms with E-state index in [2.05, 4.69) is 0 Å². The van der Waals surface area contributed by atoms with Crippen molar-refractivity contribution in [3.05, 3.63) is 33.2 Å². The first-order valence-electron chi connectivity index (χ1n) is 6.14. The van der Waals surface area contributed by atoms with E-state index in [0.717, 1.165) is 17.3 Å². The Morgan fingerprint density at radius 3 is 2.79 bits per heavy atom. The van der Waals surface area contributed by atoms with E-state index in [1.165, 1.54) is 6.07 Å². The van der Waals surface area contributed by atoms with Gasteiger partial charge < -0.3 is 9.67 Å². The van der Waals surface area contributed by atoms with E-state index >= 15 is 0 Å². The first-order chi connectivity index (χ1) is 9.00. The Bertz CT molecular complexity index is 548. The van der Waals surface area contributed by atoms with Crippen molar-refractivity contribution in [3.63, 3.8) is 0 Å². The summed E-state index contributed by atoms with van der Waals surface area (Å²) in [5, 5.41) is 9.63. The van der Waals surface area contributed by atoms with E-state index in [1.54, 1.807) is 18.4 Å². The number of pyridine rings is 1. The van der Waals surface area contributed by atoms with Gasteiger partial charge in [-0.25, -0.2) is 4.79 Å². The molecule has 0 bridgehead atoms. The molecule has 1 aliphatic rings. The third-order valence-corrected chi connectivity index (χ3v) is 6.08. The molecular weight excluding hydrogens is 282 g/mol. The number of rotatable bonds is 3. The molecule has 2 rings (SSSR count). The monoisotopic (exact) mass is 299 g/mol. The second-order valence-corrected chi connectivity index (χ2v) is 7.17. The van der Waals surface area contributed by atoms with Gasteiger partial charge in [-0.3, -0.25) is 4.79 Å². The van der Waals surface area contributed by atoms with Gasteiger partial charge in [-0.2, -0.15) is 23.5 Å². The molecule has 0 aromatic carbocycles. The molecule has 1 fully saturated rings. The number of aromatic nitrogens is 1. The summed E-state index contributed by atoms with van der Waals surface area (Å²) >= 11 is 3.76. The van der Waals surface area contributed by atoms with E-state index in [0.29, 0.717) is 23.1 Å². The van der Waals surface area contributed by atoms with Crippen LogP contribution in [-0.4, -0.2) is 38.2 Å². The van der Waals surface area contributed by atoms with Gasteiger partial charge >= 0.3 is 5.97 Å². The zero-order valence-electron chi connectivity index (χ0n) is 11.0. The van der Waals surface area contributed by atoms with Crippen molar-refractivity contribution in [3.8, 4) is 0 Å². The quantitative estimate of drug-likeness (QED) is 0.925. The van der Waals surface area contributed by atoms with Gasteiger partial charge in [0.2, 0.25) is 0 Å². The predicted molar refractivity (Wildman–Crippen MR) is 80.7 cm³/mol. The Hall–Kier alpha value is -0.880. The molecule has 19 heavy (non-hydrogen) atoms. The molecule has 4 nitrogen and oxygen atoms in total. The summed E-state index contributed by atoms with van der Waals surface area (Å²) < 4.78 is 1.61. The average Bonchev–Trinajstić information content (AvgIpc) is 2.35. The predicted octanol–water partition coefficient (Wildman–Crippen LogP) is 2.01. The van der Waals surface area contributed by atoms with E-state index in [9.17, 15) is 14.7 Å². The maximum atomic E-state index is 12.1. The fraction of sp³-hybridized carbons (Fsp3) is 0.538. The fourth-order valence-electron chi connectivity index (χ4n) is 2.32. The normalized spacial score (nSPS) is 19.4. The average molecular weight is 299 g/mol. The maximum Gasteiger partial charge on any atom is 0.337 e. The number of carboxylic acid groups (broad SMARTS) is 1. The number of hydrogen-bond acceptors (Lipinski definition) is 4. The van der Waals surface area contributed by atoms with E-state index in [1.807, 2.05) is 23.5 Å². The SMILES string of the molecule is Cc1cc(=O)n(CC2CSCCS2)c(C)c1C(=O)O. The molecule has 0 saturated carbocycles. The van der Waals surface area contributed by atoms with Crippen LogP contribution in [0.2, 0.25) is 0 Å². The molecule has 1 aromatic rings. The smallest absolute Gasteiger partial charge is 0.337 e. The molecule has 0 aliphatic carbocycles. The fourth-order valence-corrected chi connectivity index (χ4v) is 4.97. The molecule has 1 unspecified atom stereocenters. The van der Waals surface area contributed by atoms with Gasteiger partial charge in [0.1, 0.15) is 0 Å². The molecule has 2 heterocycles. The number of aryl methyl sites for hydroxylation is 1. The zero-order chi connectivity index (χ0) is 14.0. The van der Waals surface area contributed by atoms with Crippen LogP contribution in [0.25, 0.3) is 0 Å². The van der Waals surface area contributed by atoms with Crippen LogP contribution in [-0.2, 0) is 6.54 Å². The Morgan fingerprint density at radius 2 is 2.21 bits per heavy atom. The van der Waals surface area contributed by atoms with Crippen LogP contribution in [0.3, 0.4) is 0 Å². The van der Waals surface area contributed by atoms with Crippen molar-refractivity contribution in [2.24, 2.45) is 0 Å². The highest BCUT2D eigenvalue weighted by molar-refractivity contribution is 8.06. The van der Waals surface area contributed by atoms with Crippen molar-refractivity contribution in [2.45, 2.75) is 25.6 Å². The first kappa shape index (κ1) is 14.5. The highest BCUT2D eigenvalue weighted by Crippen LogP contribution is 2.25. The van der Waals surface area contributed by atoms with Crippen molar-refractivity contribution in [1.29, 1.82) is 0 Å². The highest BCUT2D eigenvalue weighted by Gasteiger charge is 2.20. The summed E-state index contributed by atoms with van der Waals surface area (Å²) in [6.07, 6.45) is 0. The van der Waals surface area contributed by atoms with Crippen molar-refractivity contribution in [2.75, 3.05) is 17.3 Å². The molecular formula is C13H17NO3S2. The minimum absolute atomic E-state index is 0.101. The summed E-state index contributed by atoms with van der Waals surface area (Å²) in [5.41, 5.74) is 1.26. The minimum atomic E-state index is -0.963. The molecule has 0 spiro atoms. The van der Waals surface area contributed by atoms with E-state index < -0.39 is 5.97 Å². The summed E-state index contributed by atoms with van der Waals surface area (Å²) in [6.45, 7) is 3.99. The lowest BCUT2D eigenvalue weighted by Crippen LogP contribution is -2.31. The summed E-state index contributed by atoms with van der Waals surface area (Å²) in [4.78, 5) is 23.3. The van der Waals surface area contributed by atoms with Gasteiger partial charge in [-0.15, -0.1) is 0 Å². The lowest BCUT2D eigenvalue weighted by Gasteiger charge is -2.23. The molecule has 1 N–H and O–H groups in total. The molecule has 1 aromatic heterocycles. The van der Waals surface area contributed by atoms with Gasteiger partial charge in [0.05, 0.1) is 5.56 Å². The molecule has 1 atom stereocenters. The van der Waals surface area contributed by atoms with Crippen LogP contribution < -0.4 is 5.56 Å². The standard InChI is InChI=1S/C13H17NO3S2/c1-8-5-11(15)14(9(2)12(8)13(16)17)6-10-7-18-3-4-19-10/h5,10H,3-4,6-7H2,1-2H3,(H,16,17). The van der Waals surface area contributed by atoms with Crippen LogP contribution >= 0.6 is 23.5 Å². The van der Waals surface area contributed by atoms with E-state index in [-0.39, 0.29) is 11.1 Å². The minimum Gasteiger partial charge on any atom is -0.478 e. The molecule has 6 heteroatoms. The Kier molecular flexibility index (Phi) is 4.62. The van der Waals surface area contributed by atoms with Gasteiger partial charge in [0.15, 0.2) is 0 Å². The second kappa shape index (κ2) is 6.05. The third kappa shape index (κ3) is 3.17. The largest absolute Gasteiger partial charge is 0.478 e. The molecule has 0 radical (unpaired) electrons. The van der Waals surface area contributed by atoms with Crippen LogP contribution in [0.15, 0.2) is 10.9 Å². The van der Waals surface area contributed by atoms with Gasteiger partial charge in [-0.05, 0) is 19.4 Å². The number of thioether (sulfide) groups is 2. The second-order valence-electron chi connectivity index (χ2n) is 4.61. The number of aromatic carboxylic acids is 1. The summed E-state index contributed by atoms with van der Waals surface area (Å²) in [5.74, 6) is 2.31. The van der Waals surface area contributed by atoms with Gasteiger partial charge in [0.25, 0.3) is 5.56 Å². The maximum absolute atomic E-state index is 12.1. The van der Waals surface area contributed by atoms with Gasteiger partial charge in [0, 0.05) is 40.8 Å². The highest BCUT2D eigenvalue weighted by atomic mass is 32.2. The molecule has 0 amide bonds. The van der Waals surface area contributed by atoms with Crippen LogP contribution in [0.5, 0.6) is 0 Å². The number of hydrogen-bond donors (Lipinski definition) is 1. The van der Waals surface area contributed by atoms with Crippen LogP contribution in [0.1, 0.15) is 21.6 Å². The van der Waals surface area contributed by atoms with Crippen molar-refractivity contribution in [1.82, 2.24) is 4.57 Å². The number of carboxylic acids is 1. The van der Waals surface area contributed by atoms with Crippen LogP contribution in [0, 0.1) is 13.8 Å². The number of nitrogens with zero attached hydrogens (tertiary/aromatic N) is 1. The van der Waals surface area contributed by atoms with Gasteiger partial charge in [-0.1, -0.05) is 0 Å². The lowest BCUT2D eigenvalue weighted by atomic mass is 10.1. The van der Waals surface area contributed by atoms with E-state index in [4.69, 9.17) is 0 Å². The van der Waals surface area contributed by atoms with Crippen LogP contribution in [0.4, 0.5) is 0 Å². The molecule has 104 valence electrons. The Morgan fingerprint density at radius 1 is 1.47 bits per heavy atom. The third-order valence-electron chi connectivity index (χ3n) is 3.25.